The standard InChI is InChI=1S/C26H19NO4/c1-3-15-12-13-27-20(14-15)21(24(28)16-8-10-17(31-2)11-9-16)22-23(27)26(30)19-7-5-4-6-18(19)25(22)29/h4-14H,3H2,1-2H3. The minimum atomic E-state index is -0.302. The Morgan fingerprint density at radius 3 is 2.26 bits per heavy atom. The van der Waals surface area contributed by atoms with Crippen molar-refractivity contribution in [2.45, 2.75) is 13.3 Å². The lowest BCUT2D eigenvalue weighted by Crippen LogP contribution is -2.22. The summed E-state index contributed by atoms with van der Waals surface area (Å²) >= 11 is 0. The zero-order chi connectivity index (χ0) is 21.7. The van der Waals surface area contributed by atoms with Crippen LogP contribution in [0.1, 0.15) is 60.4 Å². The van der Waals surface area contributed by atoms with Crippen LogP contribution in [-0.2, 0) is 6.42 Å². The molecule has 0 bridgehead atoms. The van der Waals surface area contributed by atoms with E-state index in [1.54, 1.807) is 66.2 Å². The Balaban J connectivity index is 1.82. The third-order valence-corrected chi connectivity index (χ3v) is 5.85. The smallest absolute Gasteiger partial charge is 0.211 e. The molecule has 0 atom stereocenters. The molecule has 0 radical (unpaired) electrons. The van der Waals surface area contributed by atoms with Crippen molar-refractivity contribution in [1.82, 2.24) is 4.40 Å². The molecule has 0 spiro atoms. The number of fused-ring (bicyclic) bond motifs is 4. The number of rotatable bonds is 4. The number of aromatic nitrogens is 1. The first-order chi connectivity index (χ1) is 15.0. The van der Waals surface area contributed by atoms with E-state index in [0.29, 0.717) is 28.0 Å². The summed E-state index contributed by atoms with van der Waals surface area (Å²) in [6.45, 7) is 2.02. The van der Waals surface area contributed by atoms with Crippen molar-refractivity contribution in [2.24, 2.45) is 0 Å². The Labute approximate surface area is 178 Å². The molecule has 0 fully saturated rings. The molecule has 2 aromatic carbocycles. The zero-order valence-corrected chi connectivity index (χ0v) is 17.1. The third kappa shape index (κ3) is 2.74. The number of carbonyl (C=O) groups is 3. The van der Waals surface area contributed by atoms with Crippen molar-refractivity contribution < 1.29 is 19.1 Å². The summed E-state index contributed by atoms with van der Waals surface area (Å²) in [4.78, 5) is 40.5. The van der Waals surface area contributed by atoms with Crippen LogP contribution in [-0.4, -0.2) is 28.9 Å². The van der Waals surface area contributed by atoms with Gasteiger partial charge in [0.1, 0.15) is 11.4 Å². The number of nitrogens with zero attached hydrogens (tertiary/aromatic N) is 1. The maximum atomic E-state index is 13.6. The highest BCUT2D eigenvalue weighted by Gasteiger charge is 2.37. The van der Waals surface area contributed by atoms with E-state index in [-0.39, 0.29) is 34.2 Å². The van der Waals surface area contributed by atoms with Gasteiger partial charge in [0.05, 0.1) is 23.8 Å². The lowest BCUT2D eigenvalue weighted by atomic mass is 9.85. The Morgan fingerprint density at radius 2 is 1.61 bits per heavy atom. The lowest BCUT2D eigenvalue weighted by molar-refractivity contribution is 0.0970. The third-order valence-electron chi connectivity index (χ3n) is 5.85. The van der Waals surface area contributed by atoms with Crippen LogP contribution in [0.2, 0.25) is 0 Å². The Morgan fingerprint density at radius 1 is 0.935 bits per heavy atom. The quantitative estimate of drug-likeness (QED) is 0.410. The lowest BCUT2D eigenvalue weighted by Gasteiger charge is -2.15. The van der Waals surface area contributed by atoms with Crippen LogP contribution in [0.15, 0.2) is 66.9 Å². The first kappa shape index (κ1) is 19.0. The molecule has 0 saturated heterocycles. The molecule has 31 heavy (non-hydrogen) atoms. The topological polar surface area (TPSA) is 64.8 Å². The van der Waals surface area contributed by atoms with Crippen LogP contribution >= 0.6 is 0 Å². The molecule has 152 valence electrons. The van der Waals surface area contributed by atoms with Crippen molar-refractivity contribution in [3.63, 3.8) is 0 Å². The van der Waals surface area contributed by atoms with Crippen molar-refractivity contribution in [3.05, 3.63) is 106 Å². The van der Waals surface area contributed by atoms with E-state index in [9.17, 15) is 14.4 Å². The van der Waals surface area contributed by atoms with Gasteiger partial charge < -0.3 is 9.14 Å². The van der Waals surface area contributed by atoms with Crippen molar-refractivity contribution in [3.8, 4) is 5.75 Å². The van der Waals surface area contributed by atoms with Crippen LogP contribution in [0, 0.1) is 0 Å². The molecule has 1 aliphatic rings. The van der Waals surface area contributed by atoms with Crippen molar-refractivity contribution >= 4 is 22.9 Å². The van der Waals surface area contributed by atoms with E-state index < -0.39 is 0 Å². The first-order valence-corrected chi connectivity index (χ1v) is 10.1. The van der Waals surface area contributed by atoms with Gasteiger partial charge in [0, 0.05) is 22.9 Å². The molecule has 5 nitrogen and oxygen atoms in total. The van der Waals surface area contributed by atoms with E-state index in [4.69, 9.17) is 4.74 Å². The number of aryl methyl sites for hydroxylation is 1. The summed E-state index contributed by atoms with van der Waals surface area (Å²) in [6, 6.07) is 17.3. The number of hydrogen-bond acceptors (Lipinski definition) is 4. The van der Waals surface area contributed by atoms with Gasteiger partial charge in [-0.1, -0.05) is 31.2 Å². The van der Waals surface area contributed by atoms with Crippen LogP contribution in [0.4, 0.5) is 0 Å². The number of ether oxygens (including phenoxy) is 1. The molecule has 0 unspecified atom stereocenters. The SMILES string of the molecule is CCc1ccn2c3c(c(C(=O)c4ccc(OC)cc4)c2c1)C(=O)c1ccccc1C3=O. The predicted molar refractivity (Wildman–Crippen MR) is 117 cm³/mol. The fourth-order valence-corrected chi connectivity index (χ4v) is 4.22. The van der Waals surface area contributed by atoms with Crippen molar-refractivity contribution in [2.75, 3.05) is 7.11 Å². The Hall–Kier alpha value is -3.99. The molecule has 2 aromatic heterocycles. The average molecular weight is 409 g/mol. The molecule has 5 heteroatoms. The summed E-state index contributed by atoms with van der Waals surface area (Å²) in [5.74, 6) is -0.217. The van der Waals surface area contributed by atoms with Crippen LogP contribution in [0.5, 0.6) is 5.75 Å². The molecule has 4 aromatic rings. The minimum Gasteiger partial charge on any atom is -0.497 e. The highest BCUT2D eigenvalue weighted by Crippen LogP contribution is 2.35. The van der Waals surface area contributed by atoms with Crippen LogP contribution in [0.3, 0.4) is 0 Å². The second-order valence-corrected chi connectivity index (χ2v) is 7.50. The molecule has 0 amide bonds. The Kier molecular flexibility index (Phi) is 4.33. The van der Waals surface area contributed by atoms with Gasteiger partial charge >= 0.3 is 0 Å². The maximum Gasteiger partial charge on any atom is 0.211 e. The first-order valence-electron chi connectivity index (χ1n) is 10.1. The van der Waals surface area contributed by atoms with Gasteiger partial charge in [-0.3, -0.25) is 14.4 Å². The number of methoxy groups -OCH3 is 1. The molecule has 5 rings (SSSR count). The monoisotopic (exact) mass is 409 g/mol. The second-order valence-electron chi connectivity index (χ2n) is 7.50. The van der Waals surface area contributed by atoms with Gasteiger partial charge in [-0.05, 0) is 48.4 Å². The number of pyridine rings is 1. The van der Waals surface area contributed by atoms with E-state index in [1.807, 2.05) is 19.1 Å². The maximum absolute atomic E-state index is 13.6. The fraction of sp³-hybridized carbons (Fsp3) is 0.115. The number of carbonyl (C=O) groups excluding carboxylic acids is 3. The van der Waals surface area contributed by atoms with Gasteiger partial charge in [0.15, 0.2) is 11.6 Å². The molecular formula is C26H19NO4. The molecule has 0 N–H and O–H groups in total. The summed E-state index contributed by atoms with van der Waals surface area (Å²) in [7, 11) is 1.56. The van der Waals surface area contributed by atoms with E-state index >= 15 is 0 Å². The Bertz CT molecular complexity index is 1390. The number of benzene rings is 2. The van der Waals surface area contributed by atoms with E-state index in [2.05, 4.69) is 0 Å². The van der Waals surface area contributed by atoms with Gasteiger partial charge in [-0.2, -0.15) is 0 Å². The van der Waals surface area contributed by atoms with Crippen molar-refractivity contribution in [1.29, 1.82) is 0 Å². The van der Waals surface area contributed by atoms with E-state index in [0.717, 1.165) is 12.0 Å². The highest BCUT2D eigenvalue weighted by atomic mass is 16.5. The van der Waals surface area contributed by atoms with Gasteiger partial charge in [-0.15, -0.1) is 0 Å². The highest BCUT2D eigenvalue weighted by molar-refractivity contribution is 6.33. The molecule has 2 heterocycles. The largest absolute Gasteiger partial charge is 0.497 e. The van der Waals surface area contributed by atoms with E-state index in [1.165, 1.54) is 0 Å². The summed E-state index contributed by atoms with van der Waals surface area (Å²) in [5.41, 5.74) is 3.40. The van der Waals surface area contributed by atoms with Gasteiger partial charge in [-0.25, -0.2) is 0 Å². The number of hydrogen-bond donors (Lipinski definition) is 0. The van der Waals surface area contributed by atoms with Crippen LogP contribution in [0.25, 0.3) is 5.52 Å². The second kappa shape index (κ2) is 7.06. The van der Waals surface area contributed by atoms with Crippen LogP contribution < -0.4 is 4.74 Å². The number of ketones is 3. The fourth-order valence-electron chi connectivity index (χ4n) is 4.22. The zero-order valence-electron chi connectivity index (χ0n) is 17.1. The summed E-state index contributed by atoms with van der Waals surface area (Å²) in [5, 5.41) is 0. The molecular weight excluding hydrogens is 390 g/mol. The summed E-state index contributed by atoms with van der Waals surface area (Å²) < 4.78 is 6.87. The normalized spacial score (nSPS) is 12.6. The molecule has 0 aliphatic heterocycles. The van der Waals surface area contributed by atoms with Gasteiger partial charge in [0.2, 0.25) is 5.78 Å². The average Bonchev–Trinajstić information content (AvgIpc) is 3.16. The predicted octanol–water partition coefficient (Wildman–Crippen LogP) is 4.52. The van der Waals surface area contributed by atoms with Gasteiger partial charge in [0.25, 0.3) is 0 Å². The minimum absolute atomic E-state index is 0.178. The summed E-state index contributed by atoms with van der Waals surface area (Å²) in [6.07, 6.45) is 2.54. The molecule has 0 saturated carbocycles. The molecule has 1 aliphatic carbocycles.